The summed E-state index contributed by atoms with van der Waals surface area (Å²) >= 11 is 8.88. The zero-order chi connectivity index (χ0) is 20.1. The first-order valence-corrected chi connectivity index (χ1v) is 9.94. The van der Waals surface area contributed by atoms with Crippen LogP contribution in [0.2, 0.25) is 5.02 Å². The highest BCUT2D eigenvalue weighted by atomic mass is 35.5. The van der Waals surface area contributed by atoms with E-state index in [1.54, 1.807) is 16.7 Å². The average molecular weight is 438 g/mol. The van der Waals surface area contributed by atoms with Crippen LogP contribution in [0.3, 0.4) is 0 Å². The predicted molar refractivity (Wildman–Crippen MR) is 107 cm³/mol. The van der Waals surface area contributed by atoms with Gasteiger partial charge in [-0.15, -0.1) is 22.7 Å². The van der Waals surface area contributed by atoms with Crippen molar-refractivity contribution in [2.75, 3.05) is 11.9 Å². The number of carbonyl (C=O) groups excluding carboxylic acids is 2. The maximum Gasteiger partial charge on any atom is 0.312 e. The molecule has 0 spiro atoms. The lowest BCUT2D eigenvalue weighted by molar-refractivity contribution is -0.384. The highest BCUT2D eigenvalue weighted by molar-refractivity contribution is 7.20. The molecule has 0 radical (unpaired) electrons. The molecule has 28 heavy (non-hydrogen) atoms. The first-order valence-electron chi connectivity index (χ1n) is 7.80. The van der Waals surface area contributed by atoms with E-state index in [0.29, 0.717) is 5.69 Å². The number of esters is 1. The number of nitro groups is 1. The van der Waals surface area contributed by atoms with Crippen LogP contribution in [0.4, 0.5) is 11.4 Å². The highest BCUT2D eigenvalue weighted by Gasteiger charge is 2.15. The van der Waals surface area contributed by atoms with Gasteiger partial charge in [0.2, 0.25) is 0 Å². The van der Waals surface area contributed by atoms with E-state index in [1.807, 2.05) is 17.5 Å². The Morgan fingerprint density at radius 2 is 2.11 bits per heavy atom. The van der Waals surface area contributed by atoms with Crippen LogP contribution in [-0.2, 0) is 20.7 Å². The lowest BCUT2D eigenvalue weighted by atomic mass is 10.3. The van der Waals surface area contributed by atoms with Crippen molar-refractivity contribution in [3.63, 3.8) is 0 Å². The molecule has 3 rings (SSSR count). The highest BCUT2D eigenvalue weighted by Crippen LogP contribution is 2.28. The van der Waals surface area contributed by atoms with Crippen LogP contribution < -0.4 is 5.32 Å². The zero-order valence-corrected chi connectivity index (χ0v) is 16.5. The van der Waals surface area contributed by atoms with Crippen molar-refractivity contribution in [2.45, 2.75) is 6.42 Å². The molecule has 1 N–H and O–H groups in total. The number of anilines is 1. The van der Waals surface area contributed by atoms with Gasteiger partial charge < -0.3 is 10.1 Å². The summed E-state index contributed by atoms with van der Waals surface area (Å²) in [4.78, 5) is 39.4. The number of amides is 1. The summed E-state index contributed by atoms with van der Waals surface area (Å²) in [5.41, 5.74) is 0.402. The number of thiazole rings is 1. The number of ether oxygens (including phenoxy) is 1. The van der Waals surface area contributed by atoms with Gasteiger partial charge in [-0.3, -0.25) is 19.7 Å². The van der Waals surface area contributed by atoms with Gasteiger partial charge in [-0.05, 0) is 17.5 Å². The van der Waals surface area contributed by atoms with Crippen molar-refractivity contribution < 1.29 is 19.2 Å². The molecule has 0 aliphatic carbocycles. The van der Waals surface area contributed by atoms with Crippen LogP contribution in [0.1, 0.15) is 5.69 Å². The minimum absolute atomic E-state index is 0.0628. The van der Waals surface area contributed by atoms with Gasteiger partial charge >= 0.3 is 5.97 Å². The second-order valence-corrected chi connectivity index (χ2v) is 7.64. The molecule has 1 amide bonds. The number of nitrogens with zero attached hydrogens (tertiary/aromatic N) is 2. The molecular formula is C17H12ClN3O5S2. The maximum atomic E-state index is 11.9. The fraction of sp³-hybridized carbons (Fsp3) is 0.118. The van der Waals surface area contributed by atoms with E-state index in [2.05, 4.69) is 10.3 Å². The largest absolute Gasteiger partial charge is 0.455 e. The van der Waals surface area contributed by atoms with Crippen molar-refractivity contribution in [3.8, 4) is 9.88 Å². The van der Waals surface area contributed by atoms with Crippen molar-refractivity contribution in [3.05, 3.63) is 61.9 Å². The standard InChI is InChI=1S/C17H12ClN3O5S2/c18-12-4-3-11(21(24)25)7-13(12)20-15(22)8-26-16(23)6-10-9-28-17(19-10)14-2-1-5-27-14/h1-5,7,9H,6,8H2,(H,20,22). The van der Waals surface area contributed by atoms with Gasteiger partial charge in [0.15, 0.2) is 6.61 Å². The monoisotopic (exact) mass is 437 g/mol. The van der Waals surface area contributed by atoms with Gasteiger partial charge in [-0.25, -0.2) is 4.98 Å². The molecule has 0 atom stereocenters. The molecule has 11 heteroatoms. The second kappa shape index (κ2) is 8.91. The summed E-state index contributed by atoms with van der Waals surface area (Å²) in [5.74, 6) is -1.27. The van der Waals surface area contributed by atoms with Crippen LogP contribution >= 0.6 is 34.3 Å². The molecule has 0 saturated carbocycles. The van der Waals surface area contributed by atoms with Crippen molar-refractivity contribution >= 4 is 57.5 Å². The van der Waals surface area contributed by atoms with Gasteiger partial charge in [-0.2, -0.15) is 0 Å². The van der Waals surface area contributed by atoms with Crippen molar-refractivity contribution in [1.29, 1.82) is 0 Å². The minimum Gasteiger partial charge on any atom is -0.455 e. The third-order valence-electron chi connectivity index (χ3n) is 3.41. The number of nitrogens with one attached hydrogen (secondary N) is 1. The number of benzene rings is 1. The fourth-order valence-corrected chi connectivity index (χ4v) is 3.95. The molecular weight excluding hydrogens is 426 g/mol. The van der Waals surface area contributed by atoms with Gasteiger partial charge in [0.1, 0.15) is 5.01 Å². The molecule has 1 aromatic carbocycles. The Morgan fingerprint density at radius 1 is 1.29 bits per heavy atom. The normalized spacial score (nSPS) is 10.5. The number of thiophene rings is 1. The van der Waals surface area contributed by atoms with E-state index in [4.69, 9.17) is 16.3 Å². The van der Waals surface area contributed by atoms with Gasteiger partial charge in [0.05, 0.1) is 32.6 Å². The van der Waals surface area contributed by atoms with E-state index in [-0.39, 0.29) is 22.8 Å². The molecule has 3 aromatic rings. The molecule has 0 saturated heterocycles. The Labute approximate surface area is 171 Å². The number of aromatic nitrogens is 1. The molecule has 2 heterocycles. The molecule has 0 aliphatic heterocycles. The van der Waals surface area contributed by atoms with Crippen LogP contribution in [0, 0.1) is 10.1 Å². The Bertz CT molecular complexity index is 1020. The minimum atomic E-state index is -0.659. The Hall–Kier alpha value is -2.82. The molecule has 2 aromatic heterocycles. The van der Waals surface area contributed by atoms with Crippen LogP contribution in [0.15, 0.2) is 41.1 Å². The molecule has 0 unspecified atom stereocenters. The summed E-state index contributed by atoms with van der Waals surface area (Å²) in [6, 6.07) is 7.50. The van der Waals surface area contributed by atoms with Gasteiger partial charge in [-0.1, -0.05) is 17.7 Å². The lowest BCUT2D eigenvalue weighted by Crippen LogP contribution is -2.22. The Balaban J connectivity index is 1.51. The van der Waals surface area contributed by atoms with Gasteiger partial charge in [0.25, 0.3) is 11.6 Å². The molecule has 144 valence electrons. The third-order valence-corrected chi connectivity index (χ3v) is 5.67. The molecule has 0 fully saturated rings. The number of hydrogen-bond donors (Lipinski definition) is 1. The van der Waals surface area contributed by atoms with E-state index in [1.165, 1.54) is 23.5 Å². The second-order valence-electron chi connectivity index (χ2n) is 5.43. The summed E-state index contributed by atoms with van der Waals surface area (Å²) in [6.45, 7) is -0.542. The molecule has 0 aliphatic rings. The Kier molecular flexibility index (Phi) is 6.34. The summed E-state index contributed by atoms with van der Waals surface area (Å²) in [7, 11) is 0. The summed E-state index contributed by atoms with van der Waals surface area (Å²) in [5, 5.41) is 17.8. The topological polar surface area (TPSA) is 111 Å². The molecule has 8 nitrogen and oxygen atoms in total. The smallest absolute Gasteiger partial charge is 0.312 e. The van der Waals surface area contributed by atoms with E-state index < -0.39 is 23.4 Å². The van der Waals surface area contributed by atoms with Crippen LogP contribution in [0.25, 0.3) is 9.88 Å². The molecule has 0 bridgehead atoms. The van der Waals surface area contributed by atoms with E-state index in [0.717, 1.165) is 16.0 Å². The number of carbonyl (C=O) groups is 2. The average Bonchev–Trinajstić information content (AvgIpc) is 3.33. The summed E-state index contributed by atoms with van der Waals surface area (Å²) < 4.78 is 4.94. The SMILES string of the molecule is O=C(COC(=O)Cc1csc(-c2cccs2)n1)Nc1cc([N+](=O)[O-])ccc1Cl. The van der Waals surface area contributed by atoms with Crippen molar-refractivity contribution in [2.24, 2.45) is 0 Å². The quantitative estimate of drug-likeness (QED) is 0.337. The number of rotatable bonds is 7. The number of hydrogen-bond acceptors (Lipinski definition) is 8. The van der Waals surface area contributed by atoms with Crippen LogP contribution in [-0.4, -0.2) is 28.4 Å². The van der Waals surface area contributed by atoms with Gasteiger partial charge in [0, 0.05) is 17.5 Å². The number of halogens is 1. The van der Waals surface area contributed by atoms with Crippen molar-refractivity contribution in [1.82, 2.24) is 4.98 Å². The third kappa shape index (κ3) is 5.12. The number of nitro benzene ring substituents is 1. The number of non-ortho nitro benzene ring substituents is 1. The zero-order valence-electron chi connectivity index (χ0n) is 14.1. The van der Waals surface area contributed by atoms with Crippen LogP contribution in [0.5, 0.6) is 0 Å². The first kappa shape index (κ1) is 19.9. The predicted octanol–water partition coefficient (Wildman–Crippen LogP) is 4.16. The Morgan fingerprint density at radius 3 is 2.82 bits per heavy atom. The fourth-order valence-electron chi connectivity index (χ4n) is 2.16. The first-order chi connectivity index (χ1) is 13.4. The van der Waals surface area contributed by atoms with E-state index >= 15 is 0 Å². The van der Waals surface area contributed by atoms with E-state index in [9.17, 15) is 19.7 Å². The lowest BCUT2D eigenvalue weighted by Gasteiger charge is -2.07. The maximum absolute atomic E-state index is 11.9. The summed E-state index contributed by atoms with van der Waals surface area (Å²) in [6.07, 6.45) is -0.0628.